The normalized spacial score (nSPS) is 13.2. The lowest BCUT2D eigenvalue weighted by Crippen LogP contribution is -2.31. The Morgan fingerprint density at radius 2 is 2.06 bits per heavy atom. The Kier molecular flexibility index (Phi) is 3.82. The summed E-state index contributed by atoms with van der Waals surface area (Å²) in [5.74, 6) is 0.954. The van der Waals surface area contributed by atoms with Crippen LogP contribution in [-0.4, -0.2) is 41.5 Å². The zero-order valence-corrected chi connectivity index (χ0v) is 12.4. The molecule has 0 fully saturated rings. The van der Waals surface area contributed by atoms with E-state index in [4.69, 9.17) is 0 Å². The van der Waals surface area contributed by atoms with Crippen LogP contribution in [0.15, 0.2) is 6.33 Å². The first-order valence-corrected chi connectivity index (χ1v) is 6.93. The maximum Gasteiger partial charge on any atom is 0.138 e. The monoisotopic (exact) mass is 264 g/mol. The molecule has 0 radical (unpaired) electrons. The highest BCUT2D eigenvalue weighted by molar-refractivity contribution is 7.18. The van der Waals surface area contributed by atoms with Crippen LogP contribution in [0.3, 0.4) is 0 Å². The molecule has 0 saturated carbocycles. The van der Waals surface area contributed by atoms with Crippen molar-refractivity contribution in [3.05, 3.63) is 16.8 Å². The summed E-state index contributed by atoms with van der Waals surface area (Å²) in [5.41, 5.74) is 1.29. The maximum absolute atomic E-state index is 4.38. The average molecular weight is 264 g/mol. The van der Waals surface area contributed by atoms with Gasteiger partial charge in [-0.3, -0.25) is 0 Å². The minimum Gasteiger partial charge on any atom is -0.368 e. The minimum atomic E-state index is 0.468. The molecule has 18 heavy (non-hydrogen) atoms. The number of hydrogen-bond donors (Lipinski definition) is 1. The standard InChI is InChI=1S/C13H20N4S/c1-8(17(4)5)6-14-12-11-9(2)10(3)18-13(11)16-7-15-12/h7-8H,6H2,1-5H3,(H,14,15,16). The second-order valence-corrected chi connectivity index (χ2v) is 6.08. The molecule has 5 heteroatoms. The largest absolute Gasteiger partial charge is 0.368 e. The van der Waals surface area contributed by atoms with Gasteiger partial charge in [0.2, 0.25) is 0 Å². The Bertz CT molecular complexity index is 547. The second-order valence-electron chi connectivity index (χ2n) is 4.88. The van der Waals surface area contributed by atoms with Gasteiger partial charge in [0.15, 0.2) is 0 Å². The molecule has 0 saturated heterocycles. The summed E-state index contributed by atoms with van der Waals surface area (Å²) in [4.78, 5) is 13.3. The molecule has 0 bridgehead atoms. The van der Waals surface area contributed by atoms with Gasteiger partial charge in [0.25, 0.3) is 0 Å². The van der Waals surface area contributed by atoms with E-state index >= 15 is 0 Å². The Hall–Kier alpha value is -1.20. The summed E-state index contributed by atoms with van der Waals surface area (Å²) in [6.45, 7) is 7.34. The SMILES string of the molecule is Cc1sc2ncnc(NCC(C)N(C)C)c2c1C. The van der Waals surface area contributed by atoms with E-state index in [1.54, 1.807) is 17.7 Å². The third-order valence-electron chi connectivity index (χ3n) is 3.41. The molecule has 2 heterocycles. The first-order chi connectivity index (χ1) is 8.50. The van der Waals surface area contributed by atoms with E-state index in [2.05, 4.69) is 55.1 Å². The van der Waals surface area contributed by atoms with E-state index in [9.17, 15) is 0 Å². The molecule has 2 aromatic rings. The fourth-order valence-corrected chi connectivity index (χ4v) is 2.74. The van der Waals surface area contributed by atoms with Crippen molar-refractivity contribution in [1.82, 2.24) is 14.9 Å². The van der Waals surface area contributed by atoms with Crippen molar-refractivity contribution < 1.29 is 0 Å². The van der Waals surface area contributed by atoms with Crippen LogP contribution in [0.4, 0.5) is 5.82 Å². The molecule has 0 aliphatic carbocycles. The van der Waals surface area contributed by atoms with Crippen LogP contribution >= 0.6 is 11.3 Å². The molecule has 4 nitrogen and oxygen atoms in total. The number of fused-ring (bicyclic) bond motifs is 1. The van der Waals surface area contributed by atoms with Gasteiger partial charge in [-0.1, -0.05) is 0 Å². The predicted molar refractivity (Wildman–Crippen MR) is 78.5 cm³/mol. The zero-order chi connectivity index (χ0) is 13.3. The van der Waals surface area contributed by atoms with Crippen LogP contribution < -0.4 is 5.32 Å². The first kappa shape index (κ1) is 13.2. The van der Waals surface area contributed by atoms with Crippen molar-refractivity contribution in [3.63, 3.8) is 0 Å². The second kappa shape index (κ2) is 5.20. The van der Waals surface area contributed by atoms with Crippen LogP contribution in [-0.2, 0) is 0 Å². The number of hydrogen-bond acceptors (Lipinski definition) is 5. The molecule has 2 aromatic heterocycles. The van der Waals surface area contributed by atoms with E-state index in [0.29, 0.717) is 6.04 Å². The van der Waals surface area contributed by atoms with E-state index < -0.39 is 0 Å². The number of anilines is 1. The van der Waals surface area contributed by atoms with Gasteiger partial charge in [-0.2, -0.15) is 0 Å². The molecule has 1 N–H and O–H groups in total. The van der Waals surface area contributed by atoms with Crippen molar-refractivity contribution in [2.75, 3.05) is 26.0 Å². The van der Waals surface area contributed by atoms with Crippen LogP contribution in [0.25, 0.3) is 10.2 Å². The van der Waals surface area contributed by atoms with Crippen LogP contribution in [0.2, 0.25) is 0 Å². The number of nitrogens with zero attached hydrogens (tertiary/aromatic N) is 3. The molecule has 1 unspecified atom stereocenters. The summed E-state index contributed by atoms with van der Waals surface area (Å²) in [6.07, 6.45) is 1.64. The molecule has 0 amide bonds. The Morgan fingerprint density at radius 1 is 1.33 bits per heavy atom. The fourth-order valence-electron chi connectivity index (χ4n) is 1.74. The third kappa shape index (κ3) is 2.47. The van der Waals surface area contributed by atoms with E-state index in [1.807, 2.05) is 0 Å². The van der Waals surface area contributed by atoms with Crippen LogP contribution in [0.1, 0.15) is 17.4 Å². The molecule has 2 rings (SSSR count). The summed E-state index contributed by atoms with van der Waals surface area (Å²) in [7, 11) is 4.17. The lowest BCUT2D eigenvalue weighted by atomic mass is 10.2. The molecular weight excluding hydrogens is 244 g/mol. The molecule has 1 atom stereocenters. The van der Waals surface area contributed by atoms with Crippen LogP contribution in [0, 0.1) is 13.8 Å². The molecule has 0 aromatic carbocycles. The number of aromatic nitrogens is 2. The van der Waals surface area contributed by atoms with Gasteiger partial charge in [-0.15, -0.1) is 11.3 Å². The van der Waals surface area contributed by atoms with E-state index in [1.165, 1.54) is 15.8 Å². The molecule has 0 aliphatic heterocycles. The van der Waals surface area contributed by atoms with E-state index in [0.717, 1.165) is 17.2 Å². The fraction of sp³-hybridized carbons (Fsp3) is 0.538. The highest BCUT2D eigenvalue weighted by Gasteiger charge is 2.12. The number of rotatable bonds is 4. The predicted octanol–water partition coefficient (Wildman–Crippen LogP) is 2.67. The van der Waals surface area contributed by atoms with Gasteiger partial charge in [-0.25, -0.2) is 9.97 Å². The molecule has 0 aliphatic rings. The van der Waals surface area contributed by atoms with Gasteiger partial charge < -0.3 is 10.2 Å². The van der Waals surface area contributed by atoms with E-state index in [-0.39, 0.29) is 0 Å². The molecule has 98 valence electrons. The Balaban J connectivity index is 2.28. The Labute approximate surface area is 112 Å². The summed E-state index contributed by atoms with van der Waals surface area (Å²) in [5, 5.41) is 4.61. The van der Waals surface area contributed by atoms with Crippen molar-refractivity contribution >= 4 is 27.4 Å². The van der Waals surface area contributed by atoms with Crippen molar-refractivity contribution in [2.45, 2.75) is 26.8 Å². The number of aryl methyl sites for hydroxylation is 2. The highest BCUT2D eigenvalue weighted by Crippen LogP contribution is 2.32. The summed E-state index contributed by atoms with van der Waals surface area (Å²) >= 11 is 1.73. The topological polar surface area (TPSA) is 41.1 Å². The van der Waals surface area contributed by atoms with Gasteiger partial charge in [0.05, 0.1) is 5.39 Å². The first-order valence-electron chi connectivity index (χ1n) is 6.11. The number of nitrogens with one attached hydrogen (secondary N) is 1. The van der Waals surface area contributed by atoms with Crippen LogP contribution in [0.5, 0.6) is 0 Å². The number of thiophene rings is 1. The third-order valence-corrected chi connectivity index (χ3v) is 4.53. The van der Waals surface area contributed by atoms with Gasteiger partial charge in [-0.05, 0) is 40.4 Å². The molecule has 0 spiro atoms. The Morgan fingerprint density at radius 3 is 2.72 bits per heavy atom. The van der Waals surface area contributed by atoms with Crippen molar-refractivity contribution in [2.24, 2.45) is 0 Å². The lowest BCUT2D eigenvalue weighted by molar-refractivity contribution is 0.326. The summed E-state index contributed by atoms with van der Waals surface area (Å²) in [6, 6.07) is 0.468. The smallest absolute Gasteiger partial charge is 0.138 e. The maximum atomic E-state index is 4.38. The average Bonchev–Trinajstić information content (AvgIpc) is 2.62. The van der Waals surface area contributed by atoms with Crippen molar-refractivity contribution in [1.29, 1.82) is 0 Å². The molecular formula is C13H20N4S. The zero-order valence-electron chi connectivity index (χ0n) is 11.6. The quantitative estimate of drug-likeness (QED) is 0.922. The summed E-state index contributed by atoms with van der Waals surface area (Å²) < 4.78 is 0. The van der Waals surface area contributed by atoms with Gasteiger partial charge in [0, 0.05) is 17.5 Å². The van der Waals surface area contributed by atoms with Crippen molar-refractivity contribution in [3.8, 4) is 0 Å². The number of likely N-dealkylation sites (N-methyl/N-ethyl adjacent to an activating group) is 1. The van der Waals surface area contributed by atoms with Gasteiger partial charge >= 0.3 is 0 Å². The highest BCUT2D eigenvalue weighted by atomic mass is 32.1. The minimum absolute atomic E-state index is 0.468. The van der Waals surface area contributed by atoms with Gasteiger partial charge in [0.1, 0.15) is 17.0 Å². The lowest BCUT2D eigenvalue weighted by Gasteiger charge is -2.20.